The third-order valence-electron chi connectivity index (χ3n) is 2.76. The summed E-state index contributed by atoms with van der Waals surface area (Å²) in [4.78, 5) is 11.9. The Morgan fingerprint density at radius 1 is 1.47 bits per heavy atom. The van der Waals surface area contributed by atoms with Crippen LogP contribution < -0.4 is 15.8 Å². The monoisotopic (exact) mass is 284 g/mol. The Morgan fingerprint density at radius 3 is 2.74 bits per heavy atom. The highest BCUT2D eigenvalue weighted by molar-refractivity contribution is 6.33. The van der Waals surface area contributed by atoms with Gasteiger partial charge in [-0.15, -0.1) is 0 Å². The predicted octanol–water partition coefficient (Wildman–Crippen LogP) is 2.99. The van der Waals surface area contributed by atoms with E-state index >= 15 is 0 Å². The van der Waals surface area contributed by atoms with Crippen molar-refractivity contribution in [2.75, 3.05) is 5.73 Å². The third kappa shape index (κ3) is 4.99. The molecule has 19 heavy (non-hydrogen) atoms. The van der Waals surface area contributed by atoms with E-state index in [9.17, 15) is 4.79 Å². The predicted molar refractivity (Wildman–Crippen MR) is 78.5 cm³/mol. The van der Waals surface area contributed by atoms with Crippen LogP contribution in [0, 0.1) is 0 Å². The van der Waals surface area contributed by atoms with Gasteiger partial charge < -0.3 is 15.8 Å². The minimum absolute atomic E-state index is 0.131. The van der Waals surface area contributed by atoms with Crippen LogP contribution in [0.15, 0.2) is 18.2 Å². The molecule has 0 fully saturated rings. The van der Waals surface area contributed by atoms with E-state index < -0.39 is 6.10 Å². The molecule has 1 aromatic carbocycles. The van der Waals surface area contributed by atoms with E-state index in [1.165, 1.54) is 0 Å². The summed E-state index contributed by atoms with van der Waals surface area (Å²) in [7, 11) is 0. The summed E-state index contributed by atoms with van der Waals surface area (Å²) >= 11 is 5.90. The summed E-state index contributed by atoms with van der Waals surface area (Å²) in [5.41, 5.74) is 6.10. The number of amides is 1. The zero-order valence-corrected chi connectivity index (χ0v) is 12.3. The molecule has 0 aliphatic rings. The molecule has 0 radical (unpaired) electrons. The van der Waals surface area contributed by atoms with E-state index in [0.29, 0.717) is 16.5 Å². The Balaban J connectivity index is 2.56. The van der Waals surface area contributed by atoms with Crippen molar-refractivity contribution < 1.29 is 9.53 Å². The van der Waals surface area contributed by atoms with Crippen LogP contribution in [0.5, 0.6) is 5.75 Å². The molecular weight excluding hydrogens is 264 g/mol. The largest absolute Gasteiger partial charge is 0.481 e. The van der Waals surface area contributed by atoms with Gasteiger partial charge in [-0.05, 0) is 32.4 Å². The van der Waals surface area contributed by atoms with Gasteiger partial charge in [0, 0.05) is 12.1 Å². The number of nitrogen functional groups attached to an aromatic ring is 1. The first-order chi connectivity index (χ1) is 8.93. The van der Waals surface area contributed by atoms with Crippen LogP contribution in [0.2, 0.25) is 5.02 Å². The SMILES string of the molecule is CCCC(C)NC(=O)C(C)Oc1ccc(N)c(Cl)c1. The summed E-state index contributed by atoms with van der Waals surface area (Å²) < 4.78 is 5.54. The molecule has 2 unspecified atom stereocenters. The van der Waals surface area contributed by atoms with Crippen LogP contribution in [-0.2, 0) is 4.79 Å². The molecule has 0 saturated carbocycles. The second-order valence-corrected chi connectivity index (χ2v) is 5.05. The van der Waals surface area contributed by atoms with Crippen LogP contribution in [0.1, 0.15) is 33.6 Å². The number of rotatable bonds is 6. The molecule has 0 aliphatic carbocycles. The molecule has 0 aromatic heterocycles. The van der Waals surface area contributed by atoms with E-state index in [-0.39, 0.29) is 11.9 Å². The average molecular weight is 285 g/mol. The molecule has 0 saturated heterocycles. The highest BCUT2D eigenvalue weighted by Gasteiger charge is 2.16. The Bertz CT molecular complexity index is 437. The van der Waals surface area contributed by atoms with Crippen LogP contribution >= 0.6 is 11.6 Å². The molecule has 2 atom stereocenters. The zero-order valence-electron chi connectivity index (χ0n) is 11.6. The van der Waals surface area contributed by atoms with Crippen LogP contribution in [0.25, 0.3) is 0 Å². The van der Waals surface area contributed by atoms with Crippen LogP contribution in [0.3, 0.4) is 0 Å². The van der Waals surface area contributed by atoms with E-state index in [1.54, 1.807) is 25.1 Å². The molecule has 0 aliphatic heterocycles. The van der Waals surface area contributed by atoms with Crippen LogP contribution in [-0.4, -0.2) is 18.1 Å². The van der Waals surface area contributed by atoms with Gasteiger partial charge in [-0.1, -0.05) is 24.9 Å². The highest BCUT2D eigenvalue weighted by atomic mass is 35.5. The fourth-order valence-corrected chi connectivity index (χ4v) is 1.87. The Hall–Kier alpha value is -1.42. The number of ether oxygens (including phenoxy) is 1. The van der Waals surface area contributed by atoms with E-state index in [2.05, 4.69) is 12.2 Å². The van der Waals surface area contributed by atoms with Gasteiger partial charge in [0.15, 0.2) is 6.10 Å². The maximum Gasteiger partial charge on any atom is 0.260 e. The lowest BCUT2D eigenvalue weighted by atomic mass is 10.2. The molecule has 0 heterocycles. The molecule has 0 spiro atoms. The number of hydrogen-bond donors (Lipinski definition) is 2. The van der Waals surface area contributed by atoms with Crippen molar-refractivity contribution in [3.8, 4) is 5.75 Å². The fourth-order valence-electron chi connectivity index (χ4n) is 1.70. The van der Waals surface area contributed by atoms with Crippen molar-refractivity contribution in [2.24, 2.45) is 0 Å². The molecule has 1 amide bonds. The van der Waals surface area contributed by atoms with Crippen molar-refractivity contribution in [3.63, 3.8) is 0 Å². The zero-order chi connectivity index (χ0) is 14.4. The van der Waals surface area contributed by atoms with E-state index in [0.717, 1.165) is 12.8 Å². The summed E-state index contributed by atoms with van der Waals surface area (Å²) in [6.07, 6.45) is 1.41. The van der Waals surface area contributed by atoms with Gasteiger partial charge in [0.25, 0.3) is 5.91 Å². The molecular formula is C14H21ClN2O2. The normalized spacial score (nSPS) is 13.7. The topological polar surface area (TPSA) is 64.3 Å². The summed E-state index contributed by atoms with van der Waals surface area (Å²) in [5, 5.41) is 3.33. The maximum absolute atomic E-state index is 11.9. The molecule has 1 rings (SSSR count). The second kappa shape index (κ2) is 7.24. The summed E-state index contributed by atoms with van der Waals surface area (Å²) in [6, 6.07) is 5.11. The lowest BCUT2D eigenvalue weighted by Crippen LogP contribution is -2.41. The third-order valence-corrected chi connectivity index (χ3v) is 3.09. The van der Waals surface area contributed by atoms with Gasteiger partial charge in [0.05, 0.1) is 10.7 Å². The number of nitrogens with two attached hydrogens (primary N) is 1. The smallest absolute Gasteiger partial charge is 0.260 e. The van der Waals surface area contributed by atoms with Crippen molar-refractivity contribution in [3.05, 3.63) is 23.2 Å². The lowest BCUT2D eigenvalue weighted by molar-refractivity contribution is -0.127. The Labute approximate surface area is 119 Å². The first-order valence-corrected chi connectivity index (χ1v) is 6.84. The number of carbonyl (C=O) groups is 1. The van der Waals surface area contributed by atoms with Crippen molar-refractivity contribution >= 4 is 23.2 Å². The van der Waals surface area contributed by atoms with Crippen LogP contribution in [0.4, 0.5) is 5.69 Å². The molecule has 106 valence electrons. The lowest BCUT2D eigenvalue weighted by Gasteiger charge is -2.18. The van der Waals surface area contributed by atoms with E-state index in [1.807, 2.05) is 6.92 Å². The first kappa shape index (κ1) is 15.6. The number of hydrogen-bond acceptors (Lipinski definition) is 3. The molecule has 3 N–H and O–H groups in total. The molecule has 5 heteroatoms. The average Bonchev–Trinajstić information content (AvgIpc) is 2.34. The van der Waals surface area contributed by atoms with Gasteiger partial charge in [0.1, 0.15) is 5.75 Å². The van der Waals surface area contributed by atoms with Gasteiger partial charge in [-0.2, -0.15) is 0 Å². The van der Waals surface area contributed by atoms with Crippen molar-refractivity contribution in [1.82, 2.24) is 5.32 Å². The molecule has 1 aromatic rings. The summed E-state index contributed by atoms with van der Waals surface area (Å²) in [6.45, 7) is 5.77. The van der Waals surface area contributed by atoms with Gasteiger partial charge in [-0.3, -0.25) is 4.79 Å². The number of carbonyl (C=O) groups excluding carboxylic acids is 1. The quantitative estimate of drug-likeness (QED) is 0.789. The van der Waals surface area contributed by atoms with Crippen molar-refractivity contribution in [2.45, 2.75) is 45.8 Å². The molecule has 4 nitrogen and oxygen atoms in total. The van der Waals surface area contributed by atoms with Crippen molar-refractivity contribution in [1.29, 1.82) is 0 Å². The van der Waals surface area contributed by atoms with Gasteiger partial charge in [-0.25, -0.2) is 0 Å². The first-order valence-electron chi connectivity index (χ1n) is 6.46. The van der Waals surface area contributed by atoms with E-state index in [4.69, 9.17) is 22.1 Å². The minimum Gasteiger partial charge on any atom is -0.481 e. The van der Waals surface area contributed by atoms with Gasteiger partial charge >= 0.3 is 0 Å². The number of nitrogens with one attached hydrogen (secondary N) is 1. The summed E-state index contributed by atoms with van der Waals surface area (Å²) in [5.74, 6) is 0.402. The second-order valence-electron chi connectivity index (χ2n) is 4.64. The fraction of sp³-hybridized carbons (Fsp3) is 0.500. The standard InChI is InChI=1S/C14H21ClN2O2/c1-4-5-9(2)17-14(18)10(3)19-11-6-7-13(16)12(15)8-11/h6-10H,4-5,16H2,1-3H3,(H,17,18). The Morgan fingerprint density at radius 2 is 2.16 bits per heavy atom. The highest BCUT2D eigenvalue weighted by Crippen LogP contribution is 2.24. The van der Waals surface area contributed by atoms with Gasteiger partial charge in [0.2, 0.25) is 0 Å². The number of benzene rings is 1. The number of anilines is 1. The minimum atomic E-state index is -0.570. The Kier molecular flexibility index (Phi) is 5.96. The maximum atomic E-state index is 11.9. The molecule has 0 bridgehead atoms. The number of halogens is 1.